The lowest BCUT2D eigenvalue weighted by molar-refractivity contribution is -0.137. The lowest BCUT2D eigenvalue weighted by Crippen LogP contribution is -2.42. The van der Waals surface area contributed by atoms with Crippen LogP contribution in [-0.4, -0.2) is 38.7 Å². The summed E-state index contributed by atoms with van der Waals surface area (Å²) in [4.78, 5) is -0.154. The van der Waals surface area contributed by atoms with Crippen molar-refractivity contribution in [3.8, 4) is 5.69 Å². The van der Waals surface area contributed by atoms with E-state index in [1.165, 1.54) is 4.31 Å². The van der Waals surface area contributed by atoms with Gasteiger partial charge in [0, 0.05) is 42.0 Å². The fourth-order valence-corrected chi connectivity index (χ4v) is 7.19. The second-order valence-electron chi connectivity index (χ2n) is 8.85. The molecular weight excluding hydrogens is 479 g/mol. The molecule has 4 aromatic rings. The highest BCUT2D eigenvalue weighted by Gasteiger charge is 2.53. The van der Waals surface area contributed by atoms with Crippen LogP contribution in [-0.2, 0) is 22.6 Å². The normalized spacial score (nSPS) is 22.3. The lowest BCUT2D eigenvalue weighted by atomic mass is 9.89. The number of hydrogen-bond acceptors (Lipinski definition) is 4. The highest BCUT2D eigenvalue weighted by Crippen LogP contribution is 2.53. The summed E-state index contributed by atoms with van der Waals surface area (Å²) >= 11 is 0. The van der Waals surface area contributed by atoms with E-state index in [1.54, 1.807) is 17.1 Å². The van der Waals surface area contributed by atoms with Gasteiger partial charge in [-0.25, -0.2) is 13.1 Å². The molecule has 11 heteroatoms. The van der Waals surface area contributed by atoms with Crippen molar-refractivity contribution >= 4 is 10.0 Å². The monoisotopic (exact) mass is 499 g/mol. The van der Waals surface area contributed by atoms with Gasteiger partial charge >= 0.3 is 6.18 Å². The first-order valence-electron chi connectivity index (χ1n) is 11.1. The predicted octanol–water partition coefficient (Wildman–Crippen LogP) is 4.46. The number of alkyl halides is 3. The molecule has 7 nitrogen and oxygen atoms in total. The van der Waals surface area contributed by atoms with Crippen LogP contribution in [0.3, 0.4) is 0 Å². The smallest absolute Gasteiger partial charge is 0.282 e. The Kier molecular flexibility index (Phi) is 4.91. The van der Waals surface area contributed by atoms with Crippen LogP contribution < -0.4 is 0 Å². The van der Waals surface area contributed by atoms with Crippen LogP contribution in [0.25, 0.3) is 5.69 Å². The highest BCUT2D eigenvalue weighted by molar-refractivity contribution is 7.89. The Balaban J connectivity index is 1.42. The average molecular weight is 500 g/mol. The van der Waals surface area contributed by atoms with Gasteiger partial charge in [-0.05, 0) is 54.4 Å². The summed E-state index contributed by atoms with van der Waals surface area (Å²) < 4.78 is 69.8. The molecule has 0 amide bonds. The van der Waals surface area contributed by atoms with Crippen molar-refractivity contribution in [2.75, 3.05) is 0 Å². The molecule has 2 aromatic carbocycles. The van der Waals surface area contributed by atoms with Crippen LogP contribution in [0.4, 0.5) is 13.2 Å². The molecule has 4 heterocycles. The van der Waals surface area contributed by atoms with Crippen molar-refractivity contribution in [3.05, 3.63) is 95.6 Å². The van der Waals surface area contributed by atoms with Gasteiger partial charge in [-0.3, -0.25) is 5.10 Å². The summed E-state index contributed by atoms with van der Waals surface area (Å²) in [6, 6.07) is 12.5. The topological polar surface area (TPSA) is 83.9 Å². The first-order chi connectivity index (χ1) is 16.7. The van der Waals surface area contributed by atoms with Crippen molar-refractivity contribution in [2.24, 2.45) is 0 Å². The number of hydrogen-bond donors (Lipinski definition) is 1. The van der Waals surface area contributed by atoms with Gasteiger partial charge in [0.1, 0.15) is 0 Å². The molecule has 2 aromatic heterocycles. The first-order valence-corrected chi connectivity index (χ1v) is 12.5. The number of rotatable bonds is 4. The molecule has 0 aliphatic carbocycles. The average Bonchev–Trinajstić information content (AvgIpc) is 3.59. The second-order valence-corrected chi connectivity index (χ2v) is 10.7. The van der Waals surface area contributed by atoms with Gasteiger partial charge in [0.2, 0.25) is 10.0 Å². The van der Waals surface area contributed by atoms with Gasteiger partial charge in [0.15, 0.2) is 0 Å². The molecule has 1 saturated heterocycles. The molecule has 1 fully saturated rings. The molecule has 180 valence electrons. The van der Waals surface area contributed by atoms with Gasteiger partial charge in [0.25, 0.3) is 0 Å². The van der Waals surface area contributed by atoms with Crippen LogP contribution in [0.1, 0.15) is 40.8 Å². The summed E-state index contributed by atoms with van der Waals surface area (Å²) in [6.45, 7) is 0. The van der Waals surface area contributed by atoms with Crippen LogP contribution in [0.2, 0.25) is 0 Å². The van der Waals surface area contributed by atoms with E-state index in [9.17, 15) is 21.6 Å². The molecule has 1 N–H and O–H groups in total. The van der Waals surface area contributed by atoms with E-state index in [1.807, 2.05) is 36.5 Å². The Morgan fingerprint density at radius 3 is 2.57 bits per heavy atom. The third-order valence-corrected chi connectivity index (χ3v) is 8.82. The predicted molar refractivity (Wildman–Crippen MR) is 120 cm³/mol. The molecule has 2 bridgehead atoms. The maximum Gasteiger partial charge on any atom is 0.416 e. The number of aromatic amines is 1. The minimum Gasteiger partial charge on any atom is -0.282 e. The number of aromatic nitrogens is 4. The van der Waals surface area contributed by atoms with Crippen LogP contribution in [0.5, 0.6) is 0 Å². The van der Waals surface area contributed by atoms with E-state index in [-0.39, 0.29) is 16.9 Å². The van der Waals surface area contributed by atoms with E-state index in [0.717, 1.165) is 46.8 Å². The van der Waals surface area contributed by atoms with Crippen molar-refractivity contribution in [1.29, 1.82) is 0 Å². The van der Waals surface area contributed by atoms with Gasteiger partial charge in [-0.2, -0.15) is 27.7 Å². The Morgan fingerprint density at radius 2 is 1.86 bits per heavy atom. The fourth-order valence-electron chi connectivity index (χ4n) is 5.35. The molecule has 35 heavy (non-hydrogen) atoms. The maximum atomic E-state index is 13.8. The Morgan fingerprint density at radius 1 is 1.06 bits per heavy atom. The van der Waals surface area contributed by atoms with Crippen LogP contribution >= 0.6 is 0 Å². The van der Waals surface area contributed by atoms with Gasteiger partial charge in [-0.15, -0.1) is 0 Å². The lowest BCUT2D eigenvalue weighted by Gasteiger charge is -2.34. The van der Waals surface area contributed by atoms with Crippen LogP contribution in [0.15, 0.2) is 78.1 Å². The minimum absolute atomic E-state index is 0.154. The van der Waals surface area contributed by atoms with Crippen molar-refractivity contribution < 1.29 is 21.6 Å². The summed E-state index contributed by atoms with van der Waals surface area (Å²) in [5, 5.41) is 11.4. The third-order valence-electron chi connectivity index (χ3n) is 6.88. The molecule has 0 spiro atoms. The van der Waals surface area contributed by atoms with E-state index in [2.05, 4.69) is 15.3 Å². The molecule has 3 unspecified atom stereocenters. The first kappa shape index (κ1) is 22.1. The number of nitrogens with zero attached hydrogens (tertiary/aromatic N) is 4. The Bertz CT molecular complexity index is 1480. The Hall–Kier alpha value is -3.44. The molecule has 0 radical (unpaired) electrons. The van der Waals surface area contributed by atoms with Gasteiger partial charge < -0.3 is 0 Å². The SMILES string of the molecule is O=S(=O)(c1ccc(C(F)(F)F)cc1)N1C2Cc3[nH]ncc3C1C(c1cccc(-n3cccn3)c1)C2. The standard InChI is InChI=1S/C24H20F3N5O2S/c25-24(26,27)16-5-7-19(8-6-16)35(33,34)32-18-12-20(23(32)21-14-28-30-22(21)13-18)15-3-1-4-17(11-15)31-10-2-9-29-31/h1-11,14,18,20,23H,12-13H2,(H,28,30). The molecular formula is C24H20F3N5O2S. The van der Waals surface area contributed by atoms with E-state index >= 15 is 0 Å². The van der Waals surface area contributed by atoms with Crippen molar-refractivity contribution in [1.82, 2.24) is 24.3 Å². The largest absolute Gasteiger partial charge is 0.416 e. The van der Waals surface area contributed by atoms with E-state index in [0.29, 0.717) is 12.8 Å². The second kappa shape index (κ2) is 7.79. The van der Waals surface area contributed by atoms with Gasteiger partial charge in [-0.1, -0.05) is 12.1 Å². The number of halogens is 3. The zero-order valence-electron chi connectivity index (χ0n) is 18.2. The zero-order valence-corrected chi connectivity index (χ0v) is 19.0. The maximum absolute atomic E-state index is 13.8. The third kappa shape index (κ3) is 3.57. The summed E-state index contributed by atoms with van der Waals surface area (Å²) in [6.07, 6.45) is 1.67. The van der Waals surface area contributed by atoms with Crippen molar-refractivity contribution in [2.45, 2.75) is 41.9 Å². The molecule has 2 aliphatic rings. The van der Waals surface area contributed by atoms with E-state index < -0.39 is 27.8 Å². The highest BCUT2D eigenvalue weighted by atomic mass is 32.2. The molecule has 0 saturated carbocycles. The minimum atomic E-state index is -4.54. The number of fused-ring (bicyclic) bond motifs is 4. The molecule has 2 aliphatic heterocycles. The van der Waals surface area contributed by atoms with E-state index in [4.69, 9.17) is 0 Å². The number of nitrogens with one attached hydrogen (secondary N) is 1. The van der Waals surface area contributed by atoms with Gasteiger partial charge in [0.05, 0.1) is 28.4 Å². The molecule has 6 rings (SSSR count). The van der Waals surface area contributed by atoms with Crippen LogP contribution in [0, 0.1) is 0 Å². The number of sulfonamides is 1. The molecule has 3 atom stereocenters. The number of benzene rings is 2. The summed E-state index contributed by atoms with van der Waals surface area (Å²) in [7, 11) is -4.07. The summed E-state index contributed by atoms with van der Waals surface area (Å²) in [5.74, 6) is -0.154. The number of H-pyrrole nitrogens is 1. The Labute approximate surface area is 199 Å². The zero-order chi connectivity index (χ0) is 24.4. The van der Waals surface area contributed by atoms with Crippen molar-refractivity contribution in [3.63, 3.8) is 0 Å². The fraction of sp³-hybridized carbons (Fsp3) is 0.250. The summed E-state index contributed by atoms with van der Waals surface area (Å²) in [5.41, 5.74) is 2.63. The quantitative estimate of drug-likeness (QED) is 0.450.